The molecule has 0 aliphatic carbocycles. The zero-order chi connectivity index (χ0) is 21.7. The summed E-state index contributed by atoms with van der Waals surface area (Å²) in [5.41, 5.74) is 5.31. The maximum Gasteiger partial charge on any atom is 0.224 e. The number of nitrogens with zero attached hydrogens (tertiary/aromatic N) is 1. The fraction of sp³-hybridized carbons (Fsp3) is 0.304. The molecular weight excluding hydrogens is 400 g/mol. The molecule has 0 aliphatic heterocycles. The minimum atomic E-state index is -0.0351. The molecule has 1 heterocycles. The molecule has 2 aromatic carbocycles. The molecule has 0 saturated carbocycles. The minimum absolute atomic E-state index is 0.0351. The number of aromatic nitrogens is 1. The van der Waals surface area contributed by atoms with Gasteiger partial charge in [-0.3, -0.25) is 4.79 Å². The quantitative estimate of drug-likeness (QED) is 0.511. The predicted octanol–water partition coefficient (Wildman–Crippen LogP) is 5.55. The summed E-state index contributed by atoms with van der Waals surface area (Å²) in [6.45, 7) is 3.95. The summed E-state index contributed by atoms with van der Waals surface area (Å²) in [6, 6.07) is 9.71. The van der Waals surface area contributed by atoms with E-state index in [-0.39, 0.29) is 5.91 Å². The van der Waals surface area contributed by atoms with E-state index in [1.54, 1.807) is 21.3 Å². The molecule has 7 heteroatoms. The van der Waals surface area contributed by atoms with Crippen LogP contribution in [0.5, 0.6) is 17.2 Å². The number of benzene rings is 2. The van der Waals surface area contributed by atoms with Gasteiger partial charge in [0.15, 0.2) is 11.5 Å². The van der Waals surface area contributed by atoms with Gasteiger partial charge >= 0.3 is 0 Å². The Hall–Kier alpha value is -3.06. The maximum absolute atomic E-state index is 12.1. The lowest BCUT2D eigenvalue weighted by atomic mass is 9.99. The highest BCUT2D eigenvalue weighted by Gasteiger charge is 2.17. The number of rotatable bonds is 8. The smallest absolute Gasteiger partial charge is 0.224 e. The van der Waals surface area contributed by atoms with E-state index in [4.69, 9.17) is 14.2 Å². The predicted molar refractivity (Wildman–Crippen MR) is 121 cm³/mol. The zero-order valence-corrected chi connectivity index (χ0v) is 18.7. The highest BCUT2D eigenvalue weighted by molar-refractivity contribution is 7.04. The van der Waals surface area contributed by atoms with Gasteiger partial charge in [-0.2, -0.15) is 4.37 Å². The van der Waals surface area contributed by atoms with Gasteiger partial charge in [-0.1, -0.05) is 13.0 Å². The summed E-state index contributed by atoms with van der Waals surface area (Å²) in [4.78, 5) is 12.1. The number of carbonyl (C=O) groups excluding carboxylic acids is 1. The normalized spacial score (nSPS) is 10.6. The second kappa shape index (κ2) is 9.63. The number of hydrogen-bond acceptors (Lipinski definition) is 6. The van der Waals surface area contributed by atoms with Crippen LogP contribution in [0.3, 0.4) is 0 Å². The van der Waals surface area contributed by atoms with Gasteiger partial charge in [-0.25, -0.2) is 0 Å². The molecule has 1 aromatic heterocycles. The summed E-state index contributed by atoms with van der Waals surface area (Å²) >= 11 is 1.38. The van der Waals surface area contributed by atoms with Crippen LogP contribution >= 0.6 is 11.5 Å². The van der Waals surface area contributed by atoms with Gasteiger partial charge in [0.1, 0.15) is 5.75 Å². The van der Waals surface area contributed by atoms with Gasteiger partial charge in [0, 0.05) is 22.9 Å². The third-order valence-corrected chi connectivity index (χ3v) is 5.40. The van der Waals surface area contributed by atoms with Crippen LogP contribution in [0.1, 0.15) is 25.3 Å². The number of amides is 1. The van der Waals surface area contributed by atoms with Gasteiger partial charge in [-0.05, 0) is 60.3 Å². The third-order valence-electron chi connectivity index (χ3n) is 4.77. The maximum atomic E-state index is 12.1. The van der Waals surface area contributed by atoms with Crippen LogP contribution in [-0.4, -0.2) is 31.6 Å². The van der Waals surface area contributed by atoms with Crippen LogP contribution in [0, 0.1) is 6.92 Å². The average molecular weight is 427 g/mol. The van der Waals surface area contributed by atoms with Gasteiger partial charge in [0.05, 0.1) is 32.7 Å². The first-order valence-corrected chi connectivity index (χ1v) is 10.5. The van der Waals surface area contributed by atoms with E-state index in [2.05, 4.69) is 9.69 Å². The molecule has 0 saturated heterocycles. The SMILES string of the molecule is CCCC(=O)Nc1cc(-c2csnc2-c2cc(C)c(OC)c(OC)c2)ccc1OC. The Balaban J connectivity index is 2.05. The molecule has 0 spiro atoms. The molecule has 3 aromatic rings. The Morgan fingerprint density at radius 3 is 2.47 bits per heavy atom. The van der Waals surface area contributed by atoms with E-state index in [0.29, 0.717) is 29.4 Å². The van der Waals surface area contributed by atoms with E-state index in [1.807, 2.05) is 49.6 Å². The number of ether oxygens (including phenoxy) is 3. The van der Waals surface area contributed by atoms with Gasteiger partial charge in [0.2, 0.25) is 5.91 Å². The third kappa shape index (κ3) is 4.41. The second-order valence-corrected chi connectivity index (χ2v) is 7.45. The number of aryl methyl sites for hydroxylation is 1. The van der Waals surface area contributed by atoms with Crippen molar-refractivity contribution in [1.29, 1.82) is 0 Å². The first-order chi connectivity index (χ1) is 14.5. The van der Waals surface area contributed by atoms with Crippen molar-refractivity contribution in [3.05, 3.63) is 41.3 Å². The van der Waals surface area contributed by atoms with Crippen LogP contribution in [0.4, 0.5) is 5.69 Å². The van der Waals surface area contributed by atoms with Crippen molar-refractivity contribution in [3.8, 4) is 39.6 Å². The Kier molecular flexibility index (Phi) is 6.95. The fourth-order valence-electron chi connectivity index (χ4n) is 3.35. The van der Waals surface area contributed by atoms with Crippen molar-refractivity contribution >= 4 is 23.1 Å². The lowest BCUT2D eigenvalue weighted by molar-refractivity contribution is -0.116. The molecule has 0 fully saturated rings. The summed E-state index contributed by atoms with van der Waals surface area (Å²) in [5, 5.41) is 4.95. The molecule has 0 bridgehead atoms. The minimum Gasteiger partial charge on any atom is -0.495 e. The topological polar surface area (TPSA) is 69.7 Å². The highest BCUT2D eigenvalue weighted by atomic mass is 32.1. The van der Waals surface area contributed by atoms with Crippen molar-refractivity contribution in [2.45, 2.75) is 26.7 Å². The number of methoxy groups -OCH3 is 3. The van der Waals surface area contributed by atoms with Crippen LogP contribution in [0.25, 0.3) is 22.4 Å². The van der Waals surface area contributed by atoms with Crippen LogP contribution < -0.4 is 19.5 Å². The molecule has 1 amide bonds. The van der Waals surface area contributed by atoms with E-state index >= 15 is 0 Å². The monoisotopic (exact) mass is 426 g/mol. The van der Waals surface area contributed by atoms with Gasteiger partial charge in [0.25, 0.3) is 0 Å². The molecule has 6 nitrogen and oxygen atoms in total. The largest absolute Gasteiger partial charge is 0.495 e. The van der Waals surface area contributed by atoms with Crippen LogP contribution in [0.15, 0.2) is 35.7 Å². The molecule has 3 rings (SSSR count). The molecule has 1 N–H and O–H groups in total. The summed E-state index contributed by atoms with van der Waals surface area (Å²) in [5.74, 6) is 1.96. The Bertz CT molecular complexity index is 1050. The lowest BCUT2D eigenvalue weighted by Gasteiger charge is -2.14. The average Bonchev–Trinajstić information content (AvgIpc) is 3.23. The molecule has 0 unspecified atom stereocenters. The first kappa shape index (κ1) is 21.6. The highest BCUT2D eigenvalue weighted by Crippen LogP contribution is 2.40. The number of nitrogens with one attached hydrogen (secondary N) is 1. The molecule has 0 radical (unpaired) electrons. The van der Waals surface area contributed by atoms with Crippen molar-refractivity contribution in [3.63, 3.8) is 0 Å². The van der Waals surface area contributed by atoms with Gasteiger partial charge < -0.3 is 19.5 Å². The number of anilines is 1. The van der Waals surface area contributed by atoms with Crippen LogP contribution in [-0.2, 0) is 4.79 Å². The number of hydrogen-bond donors (Lipinski definition) is 1. The summed E-state index contributed by atoms with van der Waals surface area (Å²) in [7, 11) is 4.84. The van der Waals surface area contributed by atoms with Crippen molar-refractivity contribution in [1.82, 2.24) is 4.37 Å². The van der Waals surface area contributed by atoms with Gasteiger partial charge in [-0.15, -0.1) is 0 Å². The van der Waals surface area contributed by atoms with Crippen LogP contribution in [0.2, 0.25) is 0 Å². The molecule has 0 aliphatic rings. The Morgan fingerprint density at radius 1 is 1.03 bits per heavy atom. The van der Waals surface area contributed by atoms with E-state index in [1.165, 1.54) is 11.5 Å². The van der Waals surface area contributed by atoms with Crippen molar-refractivity contribution in [2.24, 2.45) is 0 Å². The Morgan fingerprint density at radius 2 is 1.80 bits per heavy atom. The van der Waals surface area contributed by atoms with Crippen molar-refractivity contribution < 1.29 is 19.0 Å². The molecular formula is C23H26N2O4S. The van der Waals surface area contributed by atoms with E-state index in [9.17, 15) is 4.79 Å². The number of carbonyl (C=O) groups is 1. The summed E-state index contributed by atoms with van der Waals surface area (Å²) < 4.78 is 21.0. The zero-order valence-electron chi connectivity index (χ0n) is 17.9. The summed E-state index contributed by atoms with van der Waals surface area (Å²) in [6.07, 6.45) is 1.24. The van der Waals surface area contributed by atoms with E-state index < -0.39 is 0 Å². The Labute approximate surface area is 181 Å². The molecule has 0 atom stereocenters. The second-order valence-electron chi connectivity index (χ2n) is 6.82. The molecule has 30 heavy (non-hydrogen) atoms. The van der Waals surface area contributed by atoms with E-state index in [0.717, 1.165) is 34.4 Å². The lowest BCUT2D eigenvalue weighted by Crippen LogP contribution is -2.11. The molecule has 158 valence electrons. The first-order valence-electron chi connectivity index (χ1n) is 9.68. The fourth-order valence-corrected chi connectivity index (χ4v) is 4.07. The standard InChI is InChI=1S/C23H26N2O4S/c1-6-7-21(26)24-18-11-15(8-9-19(18)27-3)17-13-30-25-22(17)16-10-14(2)23(29-5)20(12-16)28-4/h8-13H,6-7H2,1-5H3,(H,24,26). The van der Waals surface area contributed by atoms with Crippen molar-refractivity contribution in [2.75, 3.05) is 26.6 Å².